The van der Waals surface area contributed by atoms with Gasteiger partial charge in [-0.15, -0.1) is 0 Å². The van der Waals surface area contributed by atoms with Gasteiger partial charge in [-0.25, -0.2) is 0 Å². The maximum absolute atomic E-state index is 13.7. The number of likely N-dealkylation sites (N-methyl/N-ethyl adjacent to an activating group) is 1. The molecule has 2 aliphatic heterocycles. The lowest BCUT2D eigenvalue weighted by molar-refractivity contribution is -0.146. The maximum Gasteiger partial charge on any atom is 0.253 e. The summed E-state index contributed by atoms with van der Waals surface area (Å²) in [7, 11) is 2.28. The van der Waals surface area contributed by atoms with Crippen molar-refractivity contribution in [2.75, 3.05) is 33.8 Å². The van der Waals surface area contributed by atoms with Crippen LogP contribution in [0.4, 0.5) is 0 Å². The van der Waals surface area contributed by atoms with Gasteiger partial charge < -0.3 is 72.1 Å². The second-order valence-electron chi connectivity index (χ2n) is 15.6. The first-order valence-corrected chi connectivity index (χ1v) is 20.4. The molecule has 2 aliphatic rings. The van der Waals surface area contributed by atoms with Crippen LogP contribution in [0.25, 0.3) is 17.0 Å². The van der Waals surface area contributed by atoms with E-state index in [0.29, 0.717) is 5.56 Å². The fourth-order valence-electron chi connectivity index (χ4n) is 7.27. The van der Waals surface area contributed by atoms with Crippen molar-refractivity contribution in [2.45, 2.75) is 80.1 Å². The summed E-state index contributed by atoms with van der Waals surface area (Å²) in [4.78, 5) is 97.2. The van der Waals surface area contributed by atoms with Gasteiger partial charge in [0.05, 0.1) is 44.2 Å². The van der Waals surface area contributed by atoms with Crippen LogP contribution in [0.1, 0.15) is 30.4 Å². The predicted molar refractivity (Wildman–Crippen MR) is 228 cm³/mol. The average Bonchev–Trinajstić information content (AvgIpc) is 3.78. The van der Waals surface area contributed by atoms with Gasteiger partial charge in [-0.2, -0.15) is 0 Å². The van der Waals surface area contributed by atoms with Gasteiger partial charge in [-0.1, -0.05) is 72.8 Å². The molecule has 2 saturated heterocycles. The van der Waals surface area contributed by atoms with E-state index >= 15 is 0 Å². The zero-order valence-corrected chi connectivity index (χ0v) is 35.1. The number of allylic oxidation sites excluding steroid dienone is 2. The minimum absolute atomic E-state index is 0.0539. The Labute approximate surface area is 367 Å². The Kier molecular flexibility index (Phi) is 16.9. The highest BCUT2D eigenvalue weighted by atomic mass is 16.5. The molecule has 64 heavy (non-hydrogen) atoms. The number of amides is 7. The smallest absolute Gasteiger partial charge is 0.253 e. The van der Waals surface area contributed by atoms with E-state index in [1.165, 1.54) is 13.1 Å². The molecule has 1 aromatic heterocycles. The first-order valence-electron chi connectivity index (χ1n) is 20.4. The summed E-state index contributed by atoms with van der Waals surface area (Å²) in [5.74, 6) is -6.74. The molecule has 21 heteroatoms. The number of aliphatic hydroxyl groups is 5. The van der Waals surface area contributed by atoms with Gasteiger partial charge in [0.15, 0.2) is 17.9 Å². The first kappa shape index (κ1) is 48.5. The lowest BCUT2D eigenvalue weighted by atomic mass is 9.95. The average molecular weight is 891 g/mol. The Morgan fingerprint density at radius 2 is 1.58 bits per heavy atom. The molecule has 3 aromatic rings. The summed E-state index contributed by atoms with van der Waals surface area (Å²) in [5, 5.41) is 70.8. The molecule has 0 bridgehead atoms. The fourth-order valence-corrected chi connectivity index (χ4v) is 7.27. The first-order chi connectivity index (χ1) is 30.5. The van der Waals surface area contributed by atoms with Crippen molar-refractivity contribution in [3.63, 3.8) is 0 Å². The molecule has 2 fully saturated rings. The zero-order valence-electron chi connectivity index (χ0n) is 35.1. The van der Waals surface area contributed by atoms with E-state index in [2.05, 4.69) is 36.9 Å². The van der Waals surface area contributed by atoms with E-state index in [1.54, 1.807) is 42.6 Å². The number of fused-ring (bicyclic) bond motifs is 2. The lowest BCUT2D eigenvalue weighted by Gasteiger charge is -2.34. The van der Waals surface area contributed by atoms with Crippen LogP contribution in [0.2, 0.25) is 0 Å². The molecule has 2 aromatic carbocycles. The van der Waals surface area contributed by atoms with Crippen LogP contribution in [0.3, 0.4) is 0 Å². The number of ether oxygens (including phenoxy) is 1. The maximum atomic E-state index is 13.7. The number of carbonyl (C=O) groups is 7. The van der Waals surface area contributed by atoms with E-state index < -0.39 is 128 Å². The molecule has 0 aliphatic carbocycles. The van der Waals surface area contributed by atoms with Crippen LogP contribution >= 0.6 is 0 Å². The van der Waals surface area contributed by atoms with Crippen LogP contribution in [-0.4, -0.2) is 165 Å². The molecule has 9 unspecified atom stereocenters. The molecule has 7 amide bonds. The van der Waals surface area contributed by atoms with E-state index in [-0.39, 0.29) is 12.8 Å². The second-order valence-corrected chi connectivity index (χ2v) is 15.6. The summed E-state index contributed by atoms with van der Waals surface area (Å²) in [6, 6.07) is 11.4. The molecule has 0 saturated carbocycles. The van der Waals surface area contributed by atoms with Crippen LogP contribution in [0.5, 0.6) is 0 Å². The molecule has 0 radical (unpaired) electrons. The Morgan fingerprint density at radius 3 is 2.31 bits per heavy atom. The number of nitrogens with zero attached hydrogens (tertiary/aromatic N) is 1. The minimum atomic E-state index is -2.60. The molecule has 5 rings (SSSR count). The predicted octanol–water partition coefficient (Wildman–Crippen LogP) is -3.41. The van der Waals surface area contributed by atoms with E-state index in [4.69, 9.17) is 4.74 Å². The summed E-state index contributed by atoms with van der Waals surface area (Å²) < 4.78 is 5.22. The number of carbonyl (C=O) groups excluding carboxylic acids is 7. The van der Waals surface area contributed by atoms with Crippen molar-refractivity contribution in [2.24, 2.45) is 0 Å². The Hall–Kier alpha value is -6.49. The second kappa shape index (κ2) is 22.2. The van der Waals surface area contributed by atoms with Crippen LogP contribution < -0.4 is 31.9 Å². The summed E-state index contributed by atoms with van der Waals surface area (Å²) >= 11 is 0. The zero-order chi connectivity index (χ0) is 46.6. The number of β-amino-alcohol motifs (C(OH)–C–C–N with tert-alkyl or cyclic N) is 1. The van der Waals surface area contributed by atoms with Gasteiger partial charge in [-0.05, 0) is 23.6 Å². The molecule has 344 valence electrons. The molecular formula is C43H54N8O13. The fraction of sp³-hybridized carbons (Fsp3) is 0.419. The van der Waals surface area contributed by atoms with Crippen molar-refractivity contribution in [3.8, 4) is 0 Å². The Bertz CT molecular complexity index is 2220. The Morgan fingerprint density at radius 1 is 0.859 bits per heavy atom. The molecule has 3 heterocycles. The number of hydrogen-bond acceptors (Lipinski definition) is 13. The van der Waals surface area contributed by atoms with Crippen LogP contribution in [0, 0.1) is 0 Å². The molecule has 21 nitrogen and oxygen atoms in total. The van der Waals surface area contributed by atoms with E-state index in [0.717, 1.165) is 28.5 Å². The van der Waals surface area contributed by atoms with Crippen LogP contribution in [-0.2, 0) is 44.7 Å². The normalized spacial score (nSPS) is 27.3. The highest BCUT2D eigenvalue weighted by molar-refractivity contribution is 5.94. The van der Waals surface area contributed by atoms with E-state index in [9.17, 15) is 59.1 Å². The third-order valence-electron chi connectivity index (χ3n) is 10.7. The number of H-pyrrole nitrogens is 1. The largest absolute Gasteiger partial charge is 0.391 e. The number of aromatic amines is 1. The van der Waals surface area contributed by atoms with Crippen molar-refractivity contribution in [1.82, 2.24) is 41.8 Å². The molecule has 0 spiro atoms. The SMILES string of the molecule is COC1C(=O)NC2(O)CC(=O)N(C)CC(=O)NC(Cc3c[nH]c4ccccc34)C(=O)NCC(=O)NCC(O)CC(=O)NC(C(O)C(O)CC=CC=Cc3ccccc3)C(O)C(=O)NC12. The third-order valence-corrected chi connectivity index (χ3v) is 10.7. The topological polar surface area (TPSA) is 321 Å². The van der Waals surface area contributed by atoms with Crippen molar-refractivity contribution < 1.29 is 63.8 Å². The van der Waals surface area contributed by atoms with Gasteiger partial charge in [0.25, 0.3) is 11.8 Å². The highest BCUT2D eigenvalue weighted by Crippen LogP contribution is 2.26. The van der Waals surface area contributed by atoms with Crippen molar-refractivity contribution in [3.05, 3.63) is 90.1 Å². The minimum Gasteiger partial charge on any atom is -0.391 e. The number of aromatic nitrogens is 1. The van der Waals surface area contributed by atoms with Gasteiger partial charge in [-0.3, -0.25) is 33.6 Å². The van der Waals surface area contributed by atoms with Gasteiger partial charge in [0.2, 0.25) is 29.5 Å². The standard InChI is InChI=1S/C43H54N8O13/c1-51-23-33(56)47-29(17-25-20-44-28-15-10-9-14-27(25)28)40(60)46-22-32(55)45-21-26(52)18-31(54)48-35(36(58)30(53)16-8-4-7-13-24-11-5-3-6-12-24)37(59)41(61)49-39-38(64-2)42(62)50-43(39,63)19-34(51)57/h3-15,20,26,29-30,35-39,44,52-53,58-59,63H,16-19,21-23H2,1-2H3,(H,45,55)(H,46,60)(H,47,56)(H,48,54)(H,49,61)(H,50,62). The highest BCUT2D eigenvalue weighted by Gasteiger charge is 2.55. The van der Waals surface area contributed by atoms with Crippen LogP contribution in [0.15, 0.2) is 79.0 Å². The lowest BCUT2D eigenvalue weighted by Crippen LogP contribution is -2.64. The van der Waals surface area contributed by atoms with Gasteiger partial charge in [0, 0.05) is 44.2 Å². The summed E-state index contributed by atoms with van der Waals surface area (Å²) in [6.07, 6.45) is -3.25. The van der Waals surface area contributed by atoms with Gasteiger partial charge >= 0.3 is 0 Å². The van der Waals surface area contributed by atoms with Crippen molar-refractivity contribution >= 4 is 58.3 Å². The number of benzene rings is 2. The third kappa shape index (κ3) is 12.8. The number of aliphatic hydroxyl groups excluding tert-OH is 4. The number of nitrogens with one attached hydrogen (secondary N) is 7. The summed E-state index contributed by atoms with van der Waals surface area (Å²) in [5.41, 5.74) is -0.311. The monoisotopic (exact) mass is 890 g/mol. The molecular weight excluding hydrogens is 837 g/mol. The molecule has 9 atom stereocenters. The Balaban J connectivity index is 1.39. The number of methoxy groups -OCH3 is 1. The quantitative estimate of drug-likeness (QED) is 0.0934. The van der Waals surface area contributed by atoms with E-state index in [1.807, 2.05) is 36.4 Å². The number of rotatable bonds is 9. The molecule has 12 N–H and O–H groups in total. The summed E-state index contributed by atoms with van der Waals surface area (Å²) in [6.45, 7) is -1.80. The number of para-hydroxylation sites is 1. The van der Waals surface area contributed by atoms with Crippen molar-refractivity contribution in [1.29, 1.82) is 0 Å². The number of hydrogen-bond donors (Lipinski definition) is 12. The van der Waals surface area contributed by atoms with Gasteiger partial charge in [0.1, 0.15) is 18.2 Å².